The van der Waals surface area contributed by atoms with Gasteiger partial charge in [0.15, 0.2) is 0 Å². The van der Waals surface area contributed by atoms with E-state index in [0.717, 1.165) is 0 Å². The summed E-state index contributed by atoms with van der Waals surface area (Å²) in [5, 5.41) is 9.36. The normalized spacial score (nSPS) is 26.9. The van der Waals surface area contributed by atoms with Crippen LogP contribution in [0, 0.1) is 5.92 Å². The van der Waals surface area contributed by atoms with Gasteiger partial charge in [-0.15, -0.1) is 0 Å². The molecular formula is C10H15FO3. The molecule has 0 saturated carbocycles. The molecule has 0 saturated heterocycles. The third-order valence-electron chi connectivity index (χ3n) is 2.48. The van der Waals surface area contributed by atoms with E-state index < -0.39 is 18.7 Å². The molecule has 0 aromatic carbocycles. The van der Waals surface area contributed by atoms with Crippen molar-refractivity contribution < 1.29 is 19.0 Å². The van der Waals surface area contributed by atoms with Crippen LogP contribution in [0.25, 0.3) is 0 Å². The lowest BCUT2D eigenvalue weighted by Gasteiger charge is -2.24. The molecule has 0 aliphatic heterocycles. The predicted molar refractivity (Wildman–Crippen MR) is 49.4 cm³/mol. The van der Waals surface area contributed by atoms with Crippen molar-refractivity contribution >= 4 is 5.97 Å². The number of alkyl halides is 1. The van der Waals surface area contributed by atoms with E-state index >= 15 is 0 Å². The fourth-order valence-corrected chi connectivity index (χ4v) is 1.75. The molecule has 0 heterocycles. The third kappa shape index (κ3) is 2.54. The van der Waals surface area contributed by atoms with Gasteiger partial charge in [0, 0.05) is 5.57 Å². The van der Waals surface area contributed by atoms with Crippen LogP contribution in [0.2, 0.25) is 0 Å². The first-order valence-electron chi connectivity index (χ1n) is 4.71. The van der Waals surface area contributed by atoms with Crippen molar-refractivity contribution in [3.63, 3.8) is 0 Å². The highest BCUT2D eigenvalue weighted by Crippen LogP contribution is 2.28. The molecule has 4 heteroatoms. The molecular weight excluding hydrogens is 187 g/mol. The zero-order chi connectivity index (χ0) is 10.6. The third-order valence-corrected chi connectivity index (χ3v) is 2.48. The van der Waals surface area contributed by atoms with Crippen LogP contribution in [0.3, 0.4) is 0 Å². The van der Waals surface area contributed by atoms with Crippen molar-refractivity contribution in [3.8, 4) is 0 Å². The van der Waals surface area contributed by atoms with Gasteiger partial charge in [-0.3, -0.25) is 4.39 Å². The van der Waals surface area contributed by atoms with E-state index in [2.05, 4.69) is 4.74 Å². The van der Waals surface area contributed by atoms with Gasteiger partial charge in [0.2, 0.25) is 0 Å². The lowest BCUT2D eigenvalue weighted by molar-refractivity contribution is -0.137. The summed E-state index contributed by atoms with van der Waals surface area (Å²) in [6.45, 7) is -0.480. The summed E-state index contributed by atoms with van der Waals surface area (Å²) in [5.74, 6) is -0.605. The van der Waals surface area contributed by atoms with Crippen molar-refractivity contribution in [2.24, 2.45) is 5.92 Å². The Balaban J connectivity index is 2.72. The van der Waals surface area contributed by atoms with Crippen LogP contribution in [0.1, 0.15) is 19.3 Å². The quantitative estimate of drug-likeness (QED) is 0.700. The average Bonchev–Trinajstić information content (AvgIpc) is 2.17. The summed E-state index contributed by atoms with van der Waals surface area (Å²) in [6, 6.07) is 0. The second-order valence-corrected chi connectivity index (χ2v) is 3.45. The number of hydrogen-bond donors (Lipinski definition) is 1. The van der Waals surface area contributed by atoms with Crippen molar-refractivity contribution in [2.45, 2.75) is 25.4 Å². The second-order valence-electron chi connectivity index (χ2n) is 3.45. The maximum absolute atomic E-state index is 12.2. The highest BCUT2D eigenvalue weighted by atomic mass is 19.1. The number of aliphatic hydroxyl groups is 1. The Kier molecular flexibility index (Phi) is 4.07. The Morgan fingerprint density at radius 2 is 2.50 bits per heavy atom. The van der Waals surface area contributed by atoms with Gasteiger partial charge in [-0.2, -0.15) is 0 Å². The number of carbonyl (C=O) groups is 1. The van der Waals surface area contributed by atoms with E-state index in [9.17, 15) is 14.3 Å². The van der Waals surface area contributed by atoms with E-state index in [1.807, 2.05) is 0 Å². The Bertz CT molecular complexity index is 238. The summed E-state index contributed by atoms with van der Waals surface area (Å²) in [4.78, 5) is 11.3. The summed E-state index contributed by atoms with van der Waals surface area (Å²) < 4.78 is 16.8. The molecule has 14 heavy (non-hydrogen) atoms. The smallest absolute Gasteiger partial charge is 0.333 e. The summed E-state index contributed by atoms with van der Waals surface area (Å²) in [6.07, 6.45) is 2.37. The second kappa shape index (κ2) is 5.10. The molecule has 0 amide bonds. The molecule has 0 fully saturated rings. The minimum Gasteiger partial charge on any atom is -0.466 e. The average molecular weight is 202 g/mol. The first-order valence-corrected chi connectivity index (χ1v) is 4.71. The summed E-state index contributed by atoms with van der Waals surface area (Å²) >= 11 is 0. The number of methoxy groups -OCH3 is 1. The molecule has 1 aliphatic rings. The van der Waals surface area contributed by atoms with Crippen LogP contribution >= 0.6 is 0 Å². The van der Waals surface area contributed by atoms with Crippen LogP contribution in [0.4, 0.5) is 4.39 Å². The minimum atomic E-state index is -0.480. The van der Waals surface area contributed by atoms with Crippen LogP contribution in [-0.2, 0) is 9.53 Å². The highest BCUT2D eigenvalue weighted by molar-refractivity contribution is 5.89. The van der Waals surface area contributed by atoms with Crippen molar-refractivity contribution in [1.29, 1.82) is 0 Å². The van der Waals surface area contributed by atoms with Crippen LogP contribution in [0.5, 0.6) is 0 Å². The molecule has 0 unspecified atom stereocenters. The zero-order valence-corrected chi connectivity index (χ0v) is 8.20. The van der Waals surface area contributed by atoms with Gasteiger partial charge in [-0.05, 0) is 25.2 Å². The molecule has 0 bridgehead atoms. The number of carbonyl (C=O) groups excluding carboxylic acids is 1. The van der Waals surface area contributed by atoms with Crippen LogP contribution in [0.15, 0.2) is 11.6 Å². The Labute approximate surface area is 82.6 Å². The summed E-state index contributed by atoms with van der Waals surface area (Å²) in [5.41, 5.74) is 0.510. The SMILES string of the molecule is COC(=O)C1=CC[C@@H](O)C[C@@H]1CCF. The van der Waals surface area contributed by atoms with Gasteiger partial charge in [0.1, 0.15) is 0 Å². The van der Waals surface area contributed by atoms with E-state index in [1.54, 1.807) is 6.08 Å². The number of ether oxygens (including phenoxy) is 1. The zero-order valence-electron chi connectivity index (χ0n) is 8.20. The largest absolute Gasteiger partial charge is 0.466 e. The standard InChI is InChI=1S/C10H15FO3/c1-14-10(13)9-3-2-8(12)6-7(9)4-5-11/h3,7-8,12H,2,4-6H2,1H3/t7-,8+/m0/s1. The lowest BCUT2D eigenvalue weighted by atomic mass is 9.84. The maximum Gasteiger partial charge on any atom is 0.333 e. The van der Waals surface area contributed by atoms with E-state index in [-0.39, 0.29) is 12.3 Å². The van der Waals surface area contributed by atoms with Gasteiger partial charge in [-0.25, -0.2) is 4.79 Å². The topological polar surface area (TPSA) is 46.5 Å². The fraction of sp³-hybridized carbons (Fsp3) is 0.700. The number of hydrogen-bond acceptors (Lipinski definition) is 3. The molecule has 1 N–H and O–H groups in total. The molecule has 0 radical (unpaired) electrons. The van der Waals surface area contributed by atoms with E-state index in [1.165, 1.54) is 7.11 Å². The number of aliphatic hydroxyl groups excluding tert-OH is 1. The lowest BCUT2D eigenvalue weighted by Crippen LogP contribution is -2.25. The van der Waals surface area contributed by atoms with Gasteiger partial charge in [0.25, 0.3) is 0 Å². The molecule has 1 rings (SSSR count). The Morgan fingerprint density at radius 1 is 1.79 bits per heavy atom. The van der Waals surface area contributed by atoms with Gasteiger partial charge >= 0.3 is 5.97 Å². The van der Waals surface area contributed by atoms with Crippen LogP contribution in [-0.4, -0.2) is 31.0 Å². The van der Waals surface area contributed by atoms with Gasteiger partial charge < -0.3 is 9.84 Å². The monoisotopic (exact) mass is 202 g/mol. The van der Waals surface area contributed by atoms with E-state index in [4.69, 9.17) is 0 Å². The molecule has 0 spiro atoms. The molecule has 1 aliphatic carbocycles. The first kappa shape index (κ1) is 11.2. The number of esters is 1. The fourth-order valence-electron chi connectivity index (χ4n) is 1.75. The van der Waals surface area contributed by atoms with Gasteiger partial charge in [-0.1, -0.05) is 6.08 Å². The predicted octanol–water partition coefficient (Wildman–Crippen LogP) is 1.22. The molecule has 80 valence electrons. The van der Waals surface area contributed by atoms with Gasteiger partial charge in [0.05, 0.1) is 19.9 Å². The maximum atomic E-state index is 12.2. The Morgan fingerprint density at radius 3 is 3.07 bits per heavy atom. The highest BCUT2D eigenvalue weighted by Gasteiger charge is 2.27. The van der Waals surface area contributed by atoms with Crippen molar-refractivity contribution in [1.82, 2.24) is 0 Å². The minimum absolute atomic E-state index is 0.198. The number of halogens is 1. The molecule has 2 atom stereocenters. The van der Waals surface area contributed by atoms with Crippen molar-refractivity contribution in [3.05, 3.63) is 11.6 Å². The summed E-state index contributed by atoms with van der Waals surface area (Å²) in [7, 11) is 1.31. The van der Waals surface area contributed by atoms with Crippen LogP contribution < -0.4 is 0 Å². The molecule has 3 nitrogen and oxygen atoms in total. The van der Waals surface area contributed by atoms with E-state index in [0.29, 0.717) is 18.4 Å². The Hall–Kier alpha value is -0.900. The number of rotatable bonds is 3. The first-order chi connectivity index (χ1) is 6.69. The molecule has 0 aromatic rings. The molecule has 0 aromatic heterocycles. The van der Waals surface area contributed by atoms with Crippen molar-refractivity contribution in [2.75, 3.05) is 13.8 Å².